The van der Waals surface area contributed by atoms with Gasteiger partial charge in [0.05, 0.1) is 5.75 Å². The van der Waals surface area contributed by atoms with Crippen LogP contribution in [0.1, 0.15) is 18.4 Å². The van der Waals surface area contributed by atoms with Gasteiger partial charge in [0.1, 0.15) is 0 Å². The number of hydrogen-bond donors (Lipinski definition) is 1. The Morgan fingerprint density at radius 2 is 1.79 bits per heavy atom. The largest absolute Gasteiger partial charge is 0.411 e. The van der Waals surface area contributed by atoms with Gasteiger partial charge in [0.2, 0.25) is 11.8 Å². The topological polar surface area (TPSA) is 71.3 Å². The van der Waals surface area contributed by atoms with Gasteiger partial charge in [-0.25, -0.2) is 0 Å². The maximum atomic E-state index is 12.2. The first-order valence-electron chi connectivity index (χ1n) is 9.49. The first-order chi connectivity index (χ1) is 14.2. The molecule has 29 heavy (non-hydrogen) atoms. The van der Waals surface area contributed by atoms with Crippen LogP contribution in [0.4, 0.5) is 5.69 Å². The number of hydrogen-bond acceptors (Lipinski definition) is 6. The van der Waals surface area contributed by atoms with Crippen molar-refractivity contribution >= 4 is 35.0 Å². The molecule has 4 rings (SSSR count). The van der Waals surface area contributed by atoms with Crippen molar-refractivity contribution in [2.45, 2.75) is 24.6 Å². The van der Waals surface area contributed by atoms with Gasteiger partial charge in [0.25, 0.3) is 5.22 Å². The number of halogens is 1. The Labute approximate surface area is 178 Å². The van der Waals surface area contributed by atoms with Crippen LogP contribution in [0.3, 0.4) is 0 Å². The summed E-state index contributed by atoms with van der Waals surface area (Å²) in [6.45, 7) is 3.31. The molecule has 0 bridgehead atoms. The second-order valence-corrected chi connectivity index (χ2v) is 8.26. The van der Waals surface area contributed by atoms with E-state index < -0.39 is 0 Å². The smallest absolute Gasteiger partial charge is 0.277 e. The summed E-state index contributed by atoms with van der Waals surface area (Å²) in [5.41, 5.74) is 2.83. The number of benzene rings is 2. The molecular formula is C21H21ClN4O2S. The van der Waals surface area contributed by atoms with Crippen molar-refractivity contribution in [1.82, 2.24) is 15.1 Å². The molecule has 1 saturated heterocycles. The average molecular weight is 429 g/mol. The lowest BCUT2D eigenvalue weighted by Gasteiger charge is -2.14. The van der Waals surface area contributed by atoms with Crippen LogP contribution >= 0.6 is 23.4 Å². The zero-order valence-corrected chi connectivity index (χ0v) is 17.4. The molecule has 8 heteroatoms. The van der Waals surface area contributed by atoms with Crippen LogP contribution in [-0.4, -0.2) is 39.8 Å². The molecule has 1 amide bonds. The molecule has 0 unspecified atom stereocenters. The van der Waals surface area contributed by atoms with E-state index in [1.54, 1.807) is 12.1 Å². The number of anilines is 1. The van der Waals surface area contributed by atoms with E-state index in [1.807, 2.05) is 24.3 Å². The molecular weight excluding hydrogens is 408 g/mol. The third kappa shape index (κ3) is 5.59. The first-order valence-corrected chi connectivity index (χ1v) is 10.9. The van der Waals surface area contributed by atoms with E-state index in [0.29, 0.717) is 16.1 Å². The van der Waals surface area contributed by atoms with E-state index >= 15 is 0 Å². The minimum absolute atomic E-state index is 0.117. The van der Waals surface area contributed by atoms with Gasteiger partial charge in [-0.15, -0.1) is 10.2 Å². The van der Waals surface area contributed by atoms with Crippen LogP contribution in [0.5, 0.6) is 0 Å². The molecule has 3 aromatic rings. The molecule has 0 radical (unpaired) electrons. The minimum atomic E-state index is -0.117. The lowest BCUT2D eigenvalue weighted by Crippen LogP contribution is -2.18. The summed E-state index contributed by atoms with van der Waals surface area (Å²) in [6, 6.07) is 15.2. The molecule has 2 heterocycles. The third-order valence-electron chi connectivity index (χ3n) is 4.67. The number of aromatic nitrogens is 2. The third-order valence-corrected chi connectivity index (χ3v) is 5.74. The maximum Gasteiger partial charge on any atom is 0.277 e. The molecule has 150 valence electrons. The average Bonchev–Trinajstić information content (AvgIpc) is 3.41. The normalized spacial score (nSPS) is 14.2. The molecule has 1 fully saturated rings. The monoisotopic (exact) mass is 428 g/mol. The van der Waals surface area contributed by atoms with Crippen LogP contribution in [0.25, 0.3) is 11.5 Å². The number of amides is 1. The Morgan fingerprint density at radius 3 is 2.52 bits per heavy atom. The summed E-state index contributed by atoms with van der Waals surface area (Å²) >= 11 is 7.09. The van der Waals surface area contributed by atoms with E-state index in [9.17, 15) is 4.79 Å². The highest BCUT2D eigenvalue weighted by Gasteiger charge is 2.13. The molecule has 0 aliphatic carbocycles. The van der Waals surface area contributed by atoms with E-state index in [2.05, 4.69) is 32.5 Å². The van der Waals surface area contributed by atoms with Crippen molar-refractivity contribution in [3.05, 3.63) is 59.1 Å². The predicted molar refractivity (Wildman–Crippen MR) is 115 cm³/mol. The Morgan fingerprint density at radius 1 is 1.07 bits per heavy atom. The van der Waals surface area contributed by atoms with Crippen molar-refractivity contribution < 1.29 is 9.21 Å². The molecule has 0 atom stereocenters. The SMILES string of the molecule is O=C(CSc1nnc(-c2ccc(Cl)cc2)o1)Nc1ccc(CN2CCCC2)cc1. The van der Waals surface area contributed by atoms with E-state index in [4.69, 9.17) is 16.0 Å². The second kappa shape index (κ2) is 9.43. The van der Waals surface area contributed by atoms with Crippen molar-refractivity contribution in [1.29, 1.82) is 0 Å². The van der Waals surface area contributed by atoms with Crippen LogP contribution in [0.15, 0.2) is 58.2 Å². The van der Waals surface area contributed by atoms with E-state index in [1.165, 1.54) is 43.3 Å². The van der Waals surface area contributed by atoms with Gasteiger partial charge >= 0.3 is 0 Å². The van der Waals surface area contributed by atoms with Gasteiger partial charge in [-0.1, -0.05) is 35.5 Å². The molecule has 2 aromatic carbocycles. The van der Waals surface area contributed by atoms with Crippen LogP contribution in [0, 0.1) is 0 Å². The minimum Gasteiger partial charge on any atom is -0.411 e. The molecule has 1 aliphatic rings. The Kier molecular flexibility index (Phi) is 6.49. The van der Waals surface area contributed by atoms with Crippen LogP contribution < -0.4 is 5.32 Å². The van der Waals surface area contributed by atoms with Crippen LogP contribution in [0.2, 0.25) is 5.02 Å². The highest BCUT2D eigenvalue weighted by molar-refractivity contribution is 7.99. The van der Waals surface area contributed by atoms with Crippen LogP contribution in [-0.2, 0) is 11.3 Å². The molecule has 1 N–H and O–H groups in total. The summed E-state index contributed by atoms with van der Waals surface area (Å²) in [6.07, 6.45) is 2.57. The van der Waals surface area contributed by atoms with Crippen molar-refractivity contribution in [3.8, 4) is 11.5 Å². The van der Waals surface area contributed by atoms with E-state index in [-0.39, 0.29) is 11.7 Å². The van der Waals surface area contributed by atoms with Gasteiger partial charge in [-0.05, 0) is 67.9 Å². The number of thioether (sulfide) groups is 1. The van der Waals surface area contributed by atoms with Crippen molar-refractivity contribution in [2.75, 3.05) is 24.2 Å². The maximum absolute atomic E-state index is 12.2. The van der Waals surface area contributed by atoms with Gasteiger partial charge in [-0.2, -0.15) is 0 Å². The highest BCUT2D eigenvalue weighted by Crippen LogP contribution is 2.24. The Hall–Kier alpha value is -2.35. The zero-order chi connectivity index (χ0) is 20.1. The van der Waals surface area contributed by atoms with Gasteiger partial charge in [-0.3, -0.25) is 9.69 Å². The quantitative estimate of drug-likeness (QED) is 0.549. The van der Waals surface area contributed by atoms with E-state index in [0.717, 1.165) is 17.8 Å². The second-order valence-electron chi connectivity index (χ2n) is 6.90. The number of carbonyl (C=O) groups excluding carboxylic acids is 1. The summed E-state index contributed by atoms with van der Waals surface area (Å²) in [5.74, 6) is 0.476. The highest BCUT2D eigenvalue weighted by atomic mass is 35.5. The number of nitrogens with zero attached hydrogens (tertiary/aromatic N) is 3. The molecule has 6 nitrogen and oxygen atoms in total. The number of carbonyl (C=O) groups is 1. The van der Waals surface area contributed by atoms with Gasteiger partial charge < -0.3 is 9.73 Å². The summed E-state index contributed by atoms with van der Waals surface area (Å²) < 4.78 is 5.60. The number of nitrogens with one attached hydrogen (secondary N) is 1. The number of likely N-dealkylation sites (tertiary alicyclic amines) is 1. The predicted octanol–water partition coefficient (Wildman–Crippen LogP) is 4.72. The fourth-order valence-electron chi connectivity index (χ4n) is 3.19. The zero-order valence-electron chi connectivity index (χ0n) is 15.8. The summed E-state index contributed by atoms with van der Waals surface area (Å²) in [7, 11) is 0. The molecule has 1 aromatic heterocycles. The lowest BCUT2D eigenvalue weighted by molar-refractivity contribution is -0.113. The summed E-state index contributed by atoms with van der Waals surface area (Å²) in [5, 5.41) is 11.9. The lowest BCUT2D eigenvalue weighted by atomic mass is 10.2. The fourth-order valence-corrected chi connectivity index (χ4v) is 3.88. The van der Waals surface area contributed by atoms with Crippen molar-refractivity contribution in [2.24, 2.45) is 0 Å². The van der Waals surface area contributed by atoms with Crippen molar-refractivity contribution in [3.63, 3.8) is 0 Å². The first kappa shape index (κ1) is 19.9. The Bertz CT molecular complexity index is 954. The molecule has 1 aliphatic heterocycles. The molecule has 0 saturated carbocycles. The summed E-state index contributed by atoms with van der Waals surface area (Å²) in [4.78, 5) is 14.7. The number of rotatable bonds is 7. The Balaban J connectivity index is 1.26. The standard InChI is InChI=1S/C21H21ClN4O2S/c22-17-7-5-16(6-8-17)20-24-25-21(28-20)29-14-19(27)23-18-9-3-15(4-10-18)13-26-11-1-2-12-26/h3-10H,1-2,11-14H2,(H,23,27). The van der Waals surface area contributed by atoms with Gasteiger partial charge in [0, 0.05) is 22.8 Å². The van der Waals surface area contributed by atoms with Gasteiger partial charge in [0.15, 0.2) is 0 Å². The molecule has 0 spiro atoms. The fraction of sp³-hybridized carbons (Fsp3) is 0.286.